The van der Waals surface area contributed by atoms with E-state index in [0.29, 0.717) is 17.4 Å². The Morgan fingerprint density at radius 2 is 1.89 bits per heavy atom. The Bertz CT molecular complexity index is 593. The fourth-order valence-electron chi connectivity index (χ4n) is 2.09. The van der Waals surface area contributed by atoms with Crippen molar-refractivity contribution in [2.75, 3.05) is 5.73 Å². The maximum Gasteiger partial charge on any atom is 0.153 e. The minimum Gasteiger partial charge on any atom is -0.455 e. The van der Waals surface area contributed by atoms with Crippen molar-refractivity contribution in [3.8, 4) is 11.5 Å². The second kappa shape index (κ2) is 5.31. The molecular formula is C16H18FNO. The number of nitrogen functional groups attached to an aromatic ring is 1. The summed E-state index contributed by atoms with van der Waals surface area (Å²) in [6.07, 6.45) is 0. The highest BCUT2D eigenvalue weighted by molar-refractivity contribution is 5.55. The number of nitrogens with two attached hydrogens (primary N) is 1. The van der Waals surface area contributed by atoms with Crippen molar-refractivity contribution in [3.05, 3.63) is 53.3 Å². The fourth-order valence-corrected chi connectivity index (χ4v) is 2.09. The van der Waals surface area contributed by atoms with Gasteiger partial charge in [-0.3, -0.25) is 0 Å². The summed E-state index contributed by atoms with van der Waals surface area (Å²) in [6, 6.07) is 10.4. The predicted octanol–water partition coefficient (Wildman–Crippen LogP) is 4.63. The van der Waals surface area contributed by atoms with E-state index in [4.69, 9.17) is 10.5 Å². The number of halogens is 1. The third kappa shape index (κ3) is 2.87. The molecule has 19 heavy (non-hydrogen) atoms. The molecule has 0 aromatic heterocycles. The molecule has 0 saturated carbocycles. The van der Waals surface area contributed by atoms with Crippen LogP contribution in [-0.2, 0) is 0 Å². The highest BCUT2D eigenvalue weighted by Gasteiger charge is 2.08. The standard InChI is InChI=1S/C16H18FNO/c1-10(2)13-8-7-12(9-11(13)3)19-15-6-4-5-14(17)16(15)18/h4-10H,18H2,1-3H3. The summed E-state index contributed by atoms with van der Waals surface area (Å²) in [4.78, 5) is 0. The number of aryl methyl sites for hydroxylation is 1. The Morgan fingerprint density at radius 3 is 2.53 bits per heavy atom. The molecule has 0 amide bonds. The maximum absolute atomic E-state index is 13.3. The van der Waals surface area contributed by atoms with Crippen molar-refractivity contribution in [2.45, 2.75) is 26.7 Å². The van der Waals surface area contributed by atoms with Crippen molar-refractivity contribution in [3.63, 3.8) is 0 Å². The van der Waals surface area contributed by atoms with Crippen molar-refractivity contribution < 1.29 is 9.13 Å². The number of para-hydroxylation sites is 1. The summed E-state index contributed by atoms with van der Waals surface area (Å²) in [6.45, 7) is 6.33. The first-order valence-electron chi connectivity index (χ1n) is 6.31. The third-order valence-electron chi connectivity index (χ3n) is 3.10. The molecule has 0 aliphatic rings. The number of ether oxygens (including phenoxy) is 1. The van der Waals surface area contributed by atoms with Crippen LogP contribution in [0.2, 0.25) is 0 Å². The van der Waals surface area contributed by atoms with E-state index in [2.05, 4.69) is 13.8 Å². The van der Waals surface area contributed by atoms with E-state index in [1.165, 1.54) is 11.6 Å². The van der Waals surface area contributed by atoms with Gasteiger partial charge in [-0.1, -0.05) is 26.0 Å². The molecule has 3 heteroatoms. The van der Waals surface area contributed by atoms with Crippen LogP contribution < -0.4 is 10.5 Å². The summed E-state index contributed by atoms with van der Waals surface area (Å²) in [5, 5.41) is 0. The lowest BCUT2D eigenvalue weighted by atomic mass is 9.98. The Balaban J connectivity index is 2.29. The van der Waals surface area contributed by atoms with Crippen LogP contribution in [0.3, 0.4) is 0 Å². The van der Waals surface area contributed by atoms with Gasteiger partial charge >= 0.3 is 0 Å². The van der Waals surface area contributed by atoms with Gasteiger partial charge in [0, 0.05) is 0 Å². The molecule has 0 aliphatic heterocycles. The number of benzene rings is 2. The first kappa shape index (κ1) is 13.4. The van der Waals surface area contributed by atoms with E-state index in [0.717, 1.165) is 5.56 Å². The molecule has 0 unspecified atom stereocenters. The SMILES string of the molecule is Cc1cc(Oc2cccc(F)c2N)ccc1C(C)C. The molecule has 0 saturated heterocycles. The van der Waals surface area contributed by atoms with Crippen LogP contribution in [0.15, 0.2) is 36.4 Å². The molecule has 0 fully saturated rings. The van der Waals surface area contributed by atoms with Crippen LogP contribution in [0.1, 0.15) is 30.9 Å². The number of rotatable bonds is 3. The molecule has 0 radical (unpaired) electrons. The van der Waals surface area contributed by atoms with Gasteiger partial charge < -0.3 is 10.5 Å². The van der Waals surface area contributed by atoms with Crippen molar-refractivity contribution >= 4 is 5.69 Å². The van der Waals surface area contributed by atoms with Crippen LogP contribution in [0.4, 0.5) is 10.1 Å². The van der Waals surface area contributed by atoms with Crippen LogP contribution in [0.25, 0.3) is 0 Å². The monoisotopic (exact) mass is 259 g/mol. The lowest BCUT2D eigenvalue weighted by Crippen LogP contribution is -1.97. The van der Waals surface area contributed by atoms with Crippen molar-refractivity contribution in [1.82, 2.24) is 0 Å². The zero-order valence-electron chi connectivity index (χ0n) is 11.4. The van der Waals surface area contributed by atoms with Crippen LogP contribution >= 0.6 is 0 Å². The summed E-state index contributed by atoms with van der Waals surface area (Å²) >= 11 is 0. The van der Waals surface area contributed by atoms with E-state index in [9.17, 15) is 4.39 Å². The van der Waals surface area contributed by atoms with Gasteiger partial charge in [-0.2, -0.15) is 0 Å². The largest absolute Gasteiger partial charge is 0.455 e. The molecule has 2 rings (SSSR count). The van der Waals surface area contributed by atoms with Crippen molar-refractivity contribution in [1.29, 1.82) is 0 Å². The zero-order chi connectivity index (χ0) is 14.0. The molecule has 0 spiro atoms. The first-order valence-corrected chi connectivity index (χ1v) is 6.31. The molecular weight excluding hydrogens is 241 g/mol. The molecule has 0 bridgehead atoms. The van der Waals surface area contributed by atoms with E-state index < -0.39 is 5.82 Å². The first-order chi connectivity index (χ1) is 8.99. The summed E-state index contributed by atoms with van der Waals surface area (Å²) in [5.41, 5.74) is 8.11. The zero-order valence-corrected chi connectivity index (χ0v) is 11.4. The molecule has 0 aliphatic carbocycles. The third-order valence-corrected chi connectivity index (χ3v) is 3.10. The normalized spacial score (nSPS) is 10.8. The Hall–Kier alpha value is -2.03. The van der Waals surface area contributed by atoms with E-state index in [-0.39, 0.29) is 5.69 Å². The molecule has 100 valence electrons. The Morgan fingerprint density at radius 1 is 1.16 bits per heavy atom. The maximum atomic E-state index is 13.3. The molecule has 0 heterocycles. The summed E-state index contributed by atoms with van der Waals surface area (Å²) in [5.74, 6) is 1.01. The minimum absolute atomic E-state index is 0.0353. The average molecular weight is 259 g/mol. The molecule has 2 nitrogen and oxygen atoms in total. The molecule has 2 N–H and O–H groups in total. The smallest absolute Gasteiger partial charge is 0.153 e. The van der Waals surface area contributed by atoms with E-state index in [1.54, 1.807) is 12.1 Å². The van der Waals surface area contributed by atoms with Crippen LogP contribution in [-0.4, -0.2) is 0 Å². The van der Waals surface area contributed by atoms with Crippen molar-refractivity contribution in [2.24, 2.45) is 0 Å². The van der Waals surface area contributed by atoms with Gasteiger partial charge in [0.15, 0.2) is 5.75 Å². The number of hydrogen-bond acceptors (Lipinski definition) is 2. The number of anilines is 1. The lowest BCUT2D eigenvalue weighted by Gasteiger charge is -2.13. The van der Waals surface area contributed by atoms with Gasteiger partial charge in [0.1, 0.15) is 17.3 Å². The molecule has 0 atom stereocenters. The van der Waals surface area contributed by atoms with E-state index in [1.807, 2.05) is 25.1 Å². The Labute approximate surface area is 113 Å². The Kier molecular flexibility index (Phi) is 3.74. The highest BCUT2D eigenvalue weighted by Crippen LogP contribution is 2.31. The molecule has 2 aromatic carbocycles. The minimum atomic E-state index is -0.465. The fraction of sp³-hybridized carbons (Fsp3) is 0.250. The second-order valence-electron chi connectivity index (χ2n) is 4.93. The van der Waals surface area contributed by atoms with Gasteiger partial charge in [0.2, 0.25) is 0 Å². The topological polar surface area (TPSA) is 35.2 Å². The van der Waals surface area contributed by atoms with E-state index >= 15 is 0 Å². The second-order valence-corrected chi connectivity index (χ2v) is 4.93. The van der Waals surface area contributed by atoms with Gasteiger partial charge in [0.05, 0.1) is 0 Å². The van der Waals surface area contributed by atoms with Gasteiger partial charge in [-0.05, 0) is 48.2 Å². The van der Waals surface area contributed by atoms with Crippen LogP contribution in [0.5, 0.6) is 11.5 Å². The highest BCUT2D eigenvalue weighted by atomic mass is 19.1. The predicted molar refractivity (Wildman–Crippen MR) is 76.2 cm³/mol. The van der Waals surface area contributed by atoms with Gasteiger partial charge in [-0.15, -0.1) is 0 Å². The average Bonchev–Trinajstić information content (AvgIpc) is 2.34. The molecule has 2 aromatic rings. The van der Waals surface area contributed by atoms with Crippen LogP contribution in [0, 0.1) is 12.7 Å². The summed E-state index contributed by atoms with van der Waals surface area (Å²) in [7, 11) is 0. The van der Waals surface area contributed by atoms with Gasteiger partial charge in [-0.25, -0.2) is 4.39 Å². The van der Waals surface area contributed by atoms with Gasteiger partial charge in [0.25, 0.3) is 0 Å². The summed E-state index contributed by atoms with van der Waals surface area (Å²) < 4.78 is 19.0. The quantitative estimate of drug-likeness (QED) is 0.815. The lowest BCUT2D eigenvalue weighted by molar-refractivity contribution is 0.479. The number of hydrogen-bond donors (Lipinski definition) is 1.